The van der Waals surface area contributed by atoms with Crippen LogP contribution >= 0.6 is 0 Å². The van der Waals surface area contributed by atoms with Crippen molar-refractivity contribution in [2.75, 3.05) is 13.1 Å². The van der Waals surface area contributed by atoms with Gasteiger partial charge in [0.15, 0.2) is 5.82 Å². The topological polar surface area (TPSA) is 83.7 Å². The van der Waals surface area contributed by atoms with E-state index < -0.39 is 0 Å². The third kappa shape index (κ3) is 3.41. The molecule has 0 N–H and O–H groups in total. The number of hydrogen-bond donors (Lipinski definition) is 0. The highest BCUT2D eigenvalue weighted by atomic mass is 19.1. The Labute approximate surface area is 201 Å². The summed E-state index contributed by atoms with van der Waals surface area (Å²) in [5, 5.41) is 8.41. The average molecular weight is 468 g/mol. The van der Waals surface area contributed by atoms with E-state index in [4.69, 9.17) is 0 Å². The molecular formula is C26H21FN6O2. The molecule has 0 radical (unpaired) electrons. The molecule has 3 aromatic rings. The lowest BCUT2D eigenvalue weighted by atomic mass is 9.98. The van der Waals surface area contributed by atoms with Crippen molar-refractivity contribution >= 4 is 17.6 Å². The molecule has 0 spiro atoms. The number of rotatable bonds is 2. The van der Waals surface area contributed by atoms with Gasteiger partial charge >= 0.3 is 6.03 Å². The number of aliphatic imine (C=N–C) groups is 1. The summed E-state index contributed by atoms with van der Waals surface area (Å²) in [7, 11) is 0. The number of benzene rings is 2. The standard InChI is InChI=1S/C26H21FN6O2/c1-16-29-30-23-15-28-24(18-7-2-3-8-20(18)27)19-14-17(10-11-21(19)33(16)23)6-4-13-32-25(34)22-9-5-12-31(22)26(32)35/h2-3,7-8,10-11,14,22H,5,9,12-13,15H2,1H3. The van der Waals surface area contributed by atoms with Crippen LogP contribution in [0.5, 0.6) is 0 Å². The molecule has 35 heavy (non-hydrogen) atoms. The Bertz CT molecular complexity index is 1460. The van der Waals surface area contributed by atoms with E-state index in [9.17, 15) is 14.0 Å². The smallest absolute Gasteiger partial charge is 0.312 e. The predicted molar refractivity (Wildman–Crippen MR) is 126 cm³/mol. The fourth-order valence-corrected chi connectivity index (χ4v) is 4.99. The Morgan fingerprint density at radius 3 is 2.80 bits per heavy atom. The molecule has 9 heteroatoms. The summed E-state index contributed by atoms with van der Waals surface area (Å²) in [6, 6.07) is 11.5. The first-order chi connectivity index (χ1) is 17.0. The van der Waals surface area contributed by atoms with Gasteiger partial charge in [-0.3, -0.25) is 19.3 Å². The lowest BCUT2D eigenvalue weighted by molar-refractivity contribution is -0.127. The van der Waals surface area contributed by atoms with Crippen molar-refractivity contribution in [3.63, 3.8) is 0 Å². The molecule has 2 fully saturated rings. The Balaban J connectivity index is 1.37. The number of hydrogen-bond acceptors (Lipinski definition) is 5. The third-order valence-electron chi connectivity index (χ3n) is 6.64. The summed E-state index contributed by atoms with van der Waals surface area (Å²) in [5.41, 5.74) is 3.07. The van der Waals surface area contributed by atoms with Crippen LogP contribution in [0.25, 0.3) is 5.69 Å². The van der Waals surface area contributed by atoms with Crippen LogP contribution in [0, 0.1) is 24.6 Å². The van der Waals surface area contributed by atoms with Crippen molar-refractivity contribution in [2.45, 2.75) is 32.4 Å². The lowest BCUT2D eigenvalue weighted by Crippen LogP contribution is -2.33. The minimum absolute atomic E-state index is 0.0324. The number of nitrogens with zero attached hydrogens (tertiary/aromatic N) is 6. The highest BCUT2D eigenvalue weighted by Crippen LogP contribution is 2.28. The molecule has 0 bridgehead atoms. The van der Waals surface area contributed by atoms with Crippen LogP contribution in [0.3, 0.4) is 0 Å². The fourth-order valence-electron chi connectivity index (χ4n) is 4.99. The first-order valence-electron chi connectivity index (χ1n) is 11.5. The summed E-state index contributed by atoms with van der Waals surface area (Å²) >= 11 is 0. The van der Waals surface area contributed by atoms with Gasteiger partial charge in [0.2, 0.25) is 0 Å². The molecule has 3 aliphatic rings. The van der Waals surface area contributed by atoms with Gasteiger partial charge < -0.3 is 4.90 Å². The summed E-state index contributed by atoms with van der Waals surface area (Å²) in [5.74, 6) is 6.87. The van der Waals surface area contributed by atoms with E-state index >= 15 is 0 Å². The molecular weight excluding hydrogens is 447 g/mol. The van der Waals surface area contributed by atoms with E-state index in [0.29, 0.717) is 47.0 Å². The molecule has 3 aliphatic heterocycles. The quantitative estimate of drug-likeness (QED) is 0.428. The second-order valence-electron chi connectivity index (χ2n) is 8.74. The Kier molecular flexibility index (Phi) is 4.95. The highest BCUT2D eigenvalue weighted by Gasteiger charge is 2.46. The van der Waals surface area contributed by atoms with Gasteiger partial charge in [0.05, 0.1) is 17.9 Å². The van der Waals surface area contributed by atoms with E-state index in [-0.39, 0.29) is 36.9 Å². The fraction of sp³-hybridized carbons (Fsp3) is 0.269. The molecule has 4 heterocycles. The number of aryl methyl sites for hydroxylation is 1. The third-order valence-corrected chi connectivity index (χ3v) is 6.64. The van der Waals surface area contributed by atoms with Crippen molar-refractivity contribution in [3.8, 4) is 17.5 Å². The van der Waals surface area contributed by atoms with Gasteiger partial charge in [0.25, 0.3) is 5.91 Å². The molecule has 174 valence electrons. The zero-order valence-electron chi connectivity index (χ0n) is 19.0. The molecule has 1 atom stereocenters. The number of fused-ring (bicyclic) bond motifs is 4. The van der Waals surface area contributed by atoms with Crippen LogP contribution in [0.4, 0.5) is 9.18 Å². The van der Waals surface area contributed by atoms with Crippen LogP contribution in [-0.4, -0.2) is 61.3 Å². The van der Waals surface area contributed by atoms with Gasteiger partial charge in [-0.25, -0.2) is 9.18 Å². The van der Waals surface area contributed by atoms with Crippen molar-refractivity contribution in [1.29, 1.82) is 0 Å². The van der Waals surface area contributed by atoms with E-state index in [0.717, 1.165) is 12.1 Å². The number of halogens is 1. The van der Waals surface area contributed by atoms with Crippen molar-refractivity contribution < 1.29 is 14.0 Å². The van der Waals surface area contributed by atoms with E-state index in [1.54, 1.807) is 23.1 Å². The van der Waals surface area contributed by atoms with Gasteiger partial charge in [0.1, 0.15) is 24.2 Å². The zero-order chi connectivity index (χ0) is 24.1. The van der Waals surface area contributed by atoms with Crippen LogP contribution in [0.2, 0.25) is 0 Å². The summed E-state index contributed by atoms with van der Waals surface area (Å²) in [4.78, 5) is 32.6. The predicted octanol–water partition coefficient (Wildman–Crippen LogP) is 2.84. The molecule has 0 saturated carbocycles. The van der Waals surface area contributed by atoms with E-state index in [2.05, 4.69) is 27.0 Å². The maximum absolute atomic E-state index is 14.8. The number of aromatic nitrogens is 3. The zero-order valence-corrected chi connectivity index (χ0v) is 19.0. The average Bonchev–Trinajstić information content (AvgIpc) is 3.51. The van der Waals surface area contributed by atoms with E-state index in [1.165, 1.54) is 11.0 Å². The SMILES string of the molecule is Cc1nnc2n1-c1ccc(C#CCN3C(=O)C4CCCN4C3=O)cc1C(c1ccccc1F)=NC2. The van der Waals surface area contributed by atoms with E-state index in [1.807, 2.05) is 29.7 Å². The Hall–Kier alpha value is -4.32. The second-order valence-corrected chi connectivity index (χ2v) is 8.74. The first kappa shape index (κ1) is 21.2. The molecule has 2 saturated heterocycles. The van der Waals surface area contributed by atoms with Crippen LogP contribution in [-0.2, 0) is 11.3 Å². The van der Waals surface area contributed by atoms with Gasteiger partial charge in [-0.15, -0.1) is 10.2 Å². The molecule has 3 amide bonds. The van der Waals surface area contributed by atoms with Gasteiger partial charge in [-0.2, -0.15) is 0 Å². The molecule has 6 rings (SSSR count). The van der Waals surface area contributed by atoms with Crippen LogP contribution in [0.1, 0.15) is 41.2 Å². The molecule has 2 aromatic carbocycles. The second kappa shape index (κ2) is 8.17. The monoisotopic (exact) mass is 468 g/mol. The Morgan fingerprint density at radius 2 is 1.97 bits per heavy atom. The highest BCUT2D eigenvalue weighted by molar-refractivity contribution is 6.15. The van der Waals surface area contributed by atoms with Gasteiger partial charge in [-0.1, -0.05) is 24.0 Å². The largest absolute Gasteiger partial charge is 0.328 e. The number of amides is 3. The lowest BCUT2D eigenvalue weighted by Gasteiger charge is -2.14. The summed E-state index contributed by atoms with van der Waals surface area (Å²) < 4.78 is 16.7. The normalized spacial score (nSPS) is 18.5. The molecule has 1 aromatic heterocycles. The van der Waals surface area contributed by atoms with Crippen LogP contribution in [0.15, 0.2) is 47.5 Å². The maximum atomic E-state index is 14.8. The maximum Gasteiger partial charge on any atom is 0.328 e. The summed E-state index contributed by atoms with van der Waals surface area (Å²) in [6.07, 6.45) is 1.57. The van der Waals surface area contributed by atoms with Crippen LogP contribution < -0.4 is 0 Å². The Morgan fingerprint density at radius 1 is 1.11 bits per heavy atom. The number of carbonyl (C=O) groups excluding carboxylic acids is 2. The molecule has 0 aliphatic carbocycles. The molecule has 8 nitrogen and oxygen atoms in total. The minimum Gasteiger partial charge on any atom is -0.312 e. The number of carbonyl (C=O) groups is 2. The number of imide groups is 1. The summed E-state index contributed by atoms with van der Waals surface area (Å²) in [6.45, 7) is 2.77. The van der Waals surface area contributed by atoms with Crippen molar-refractivity contribution in [2.24, 2.45) is 4.99 Å². The minimum atomic E-state index is -0.366. The van der Waals surface area contributed by atoms with Crippen molar-refractivity contribution in [1.82, 2.24) is 24.6 Å². The van der Waals surface area contributed by atoms with Gasteiger partial charge in [0, 0.05) is 23.2 Å². The first-order valence-corrected chi connectivity index (χ1v) is 11.5. The van der Waals surface area contributed by atoms with Crippen molar-refractivity contribution in [3.05, 3.63) is 76.6 Å². The number of urea groups is 1. The van der Waals surface area contributed by atoms with Gasteiger partial charge in [-0.05, 0) is 50.1 Å². The molecule has 1 unspecified atom stereocenters.